The number of carbonyl (C=O) groups excluding carboxylic acids is 3. The number of halogens is 1. The Morgan fingerprint density at radius 1 is 1.05 bits per heavy atom. The molecule has 0 unspecified atom stereocenters. The van der Waals surface area contributed by atoms with E-state index in [0.717, 1.165) is 27.8 Å². The highest BCUT2D eigenvalue weighted by Crippen LogP contribution is 2.37. The lowest BCUT2D eigenvalue weighted by Gasteiger charge is -2.16. The molecule has 1 fully saturated rings. The zero-order valence-electron chi connectivity index (χ0n) is 21.9. The minimum atomic E-state index is -0.569. The Balaban J connectivity index is 1.50. The number of allylic oxidation sites excluding steroid dienone is 1. The maximum atomic E-state index is 13.2. The van der Waals surface area contributed by atoms with Gasteiger partial charge in [-0.15, -0.1) is 6.58 Å². The van der Waals surface area contributed by atoms with Gasteiger partial charge in [-0.2, -0.15) is 0 Å². The summed E-state index contributed by atoms with van der Waals surface area (Å²) in [5.74, 6) is 0.139. The Labute approximate surface area is 235 Å². The van der Waals surface area contributed by atoms with Gasteiger partial charge in [-0.1, -0.05) is 18.2 Å². The molecular formula is C30H27FN2O6S. The van der Waals surface area contributed by atoms with Crippen molar-refractivity contribution >= 4 is 40.6 Å². The molecule has 4 rings (SSSR count). The molecule has 206 valence electrons. The standard InChI is InChI=1S/C30H27FN2O6S/c1-4-5-21-14-20(15-25(38-3)28(21)39-18-19-6-8-22(31)9-7-19)16-26-29(35)33(30(36)40-26)17-27(34)32-23-10-12-24(37-2)13-11-23/h4,6-16H,1,5,17-18H2,2-3H3,(H,32,34)/b26-16+. The number of rotatable bonds is 11. The summed E-state index contributed by atoms with van der Waals surface area (Å²) in [6.07, 6.45) is 3.73. The lowest BCUT2D eigenvalue weighted by atomic mass is 10.0. The molecule has 40 heavy (non-hydrogen) atoms. The van der Waals surface area contributed by atoms with Crippen molar-refractivity contribution in [2.45, 2.75) is 13.0 Å². The van der Waals surface area contributed by atoms with Crippen molar-refractivity contribution in [3.05, 3.63) is 101 Å². The van der Waals surface area contributed by atoms with Gasteiger partial charge in [0.05, 0.1) is 19.1 Å². The summed E-state index contributed by atoms with van der Waals surface area (Å²) in [7, 11) is 3.03. The number of amides is 3. The summed E-state index contributed by atoms with van der Waals surface area (Å²) in [6, 6.07) is 16.2. The molecule has 10 heteroatoms. The molecule has 3 aromatic carbocycles. The van der Waals surface area contributed by atoms with Gasteiger partial charge < -0.3 is 19.5 Å². The summed E-state index contributed by atoms with van der Waals surface area (Å²) >= 11 is 0.755. The normalized spacial score (nSPS) is 13.9. The Bertz CT molecular complexity index is 1450. The first-order valence-corrected chi connectivity index (χ1v) is 13.0. The van der Waals surface area contributed by atoms with Gasteiger partial charge in [0.25, 0.3) is 11.1 Å². The van der Waals surface area contributed by atoms with Crippen LogP contribution in [-0.4, -0.2) is 42.7 Å². The number of ether oxygens (including phenoxy) is 3. The second-order valence-corrected chi connectivity index (χ2v) is 9.66. The number of methoxy groups -OCH3 is 2. The summed E-state index contributed by atoms with van der Waals surface area (Å²) in [4.78, 5) is 39.2. The van der Waals surface area contributed by atoms with Crippen molar-refractivity contribution in [1.29, 1.82) is 0 Å². The third-order valence-corrected chi connectivity index (χ3v) is 6.79. The average molecular weight is 563 g/mol. The fourth-order valence-electron chi connectivity index (χ4n) is 3.93. The van der Waals surface area contributed by atoms with Crippen LogP contribution in [-0.2, 0) is 22.6 Å². The summed E-state index contributed by atoms with van der Waals surface area (Å²) in [5.41, 5.74) is 2.65. The Hall–Kier alpha value is -4.57. The second-order valence-electron chi connectivity index (χ2n) is 8.66. The molecule has 3 aromatic rings. The molecule has 0 radical (unpaired) electrons. The fraction of sp³-hybridized carbons (Fsp3) is 0.167. The van der Waals surface area contributed by atoms with Crippen LogP contribution in [0.1, 0.15) is 16.7 Å². The van der Waals surface area contributed by atoms with Gasteiger partial charge in [-0.25, -0.2) is 4.39 Å². The molecule has 1 saturated heterocycles. The van der Waals surface area contributed by atoms with E-state index in [-0.39, 0.29) is 17.3 Å². The molecule has 0 saturated carbocycles. The molecule has 8 nitrogen and oxygen atoms in total. The smallest absolute Gasteiger partial charge is 0.294 e. The third kappa shape index (κ3) is 6.89. The van der Waals surface area contributed by atoms with Gasteiger partial charge in [0.2, 0.25) is 5.91 Å². The van der Waals surface area contributed by atoms with E-state index in [1.54, 1.807) is 54.6 Å². The zero-order chi connectivity index (χ0) is 28.6. The Morgan fingerprint density at radius 2 is 1.77 bits per heavy atom. The number of carbonyl (C=O) groups is 3. The van der Waals surface area contributed by atoms with Crippen LogP contribution in [0.3, 0.4) is 0 Å². The van der Waals surface area contributed by atoms with Crippen LogP contribution < -0.4 is 19.5 Å². The number of nitrogens with one attached hydrogen (secondary N) is 1. The van der Waals surface area contributed by atoms with Crippen LogP contribution in [0.25, 0.3) is 6.08 Å². The summed E-state index contributed by atoms with van der Waals surface area (Å²) in [5, 5.41) is 2.12. The summed E-state index contributed by atoms with van der Waals surface area (Å²) in [6.45, 7) is 3.58. The van der Waals surface area contributed by atoms with E-state index in [2.05, 4.69) is 11.9 Å². The number of thioether (sulfide) groups is 1. The van der Waals surface area contributed by atoms with E-state index in [1.807, 2.05) is 6.07 Å². The fourth-order valence-corrected chi connectivity index (χ4v) is 4.77. The van der Waals surface area contributed by atoms with E-state index >= 15 is 0 Å². The van der Waals surface area contributed by atoms with Crippen molar-refractivity contribution in [3.8, 4) is 17.2 Å². The van der Waals surface area contributed by atoms with Crippen LogP contribution in [0.15, 0.2) is 78.2 Å². The first kappa shape index (κ1) is 28.4. The number of anilines is 1. The van der Waals surface area contributed by atoms with Gasteiger partial charge in [-0.3, -0.25) is 19.3 Å². The molecule has 0 atom stereocenters. The predicted octanol–water partition coefficient (Wildman–Crippen LogP) is 5.83. The van der Waals surface area contributed by atoms with Crippen LogP contribution in [0.5, 0.6) is 17.2 Å². The molecule has 0 aromatic heterocycles. The lowest BCUT2D eigenvalue weighted by Crippen LogP contribution is -2.36. The van der Waals surface area contributed by atoms with Gasteiger partial charge >= 0.3 is 0 Å². The second kappa shape index (κ2) is 13.0. The molecule has 1 aliphatic heterocycles. The molecule has 1 heterocycles. The largest absolute Gasteiger partial charge is 0.497 e. The highest BCUT2D eigenvalue weighted by atomic mass is 32.2. The van der Waals surface area contributed by atoms with Gasteiger partial charge in [0, 0.05) is 11.3 Å². The van der Waals surface area contributed by atoms with Crippen molar-refractivity contribution in [3.63, 3.8) is 0 Å². The number of nitrogens with zero attached hydrogens (tertiary/aromatic N) is 1. The minimum Gasteiger partial charge on any atom is -0.497 e. The van der Waals surface area contributed by atoms with E-state index in [4.69, 9.17) is 14.2 Å². The van der Waals surface area contributed by atoms with Crippen LogP contribution in [0.2, 0.25) is 0 Å². The van der Waals surface area contributed by atoms with Crippen molar-refractivity contribution in [1.82, 2.24) is 4.90 Å². The monoisotopic (exact) mass is 562 g/mol. The van der Waals surface area contributed by atoms with E-state index < -0.39 is 23.6 Å². The van der Waals surface area contributed by atoms with Crippen molar-refractivity contribution in [2.75, 3.05) is 26.1 Å². The highest BCUT2D eigenvalue weighted by Gasteiger charge is 2.36. The lowest BCUT2D eigenvalue weighted by molar-refractivity contribution is -0.127. The van der Waals surface area contributed by atoms with Crippen LogP contribution >= 0.6 is 11.8 Å². The third-order valence-electron chi connectivity index (χ3n) is 5.88. The maximum Gasteiger partial charge on any atom is 0.294 e. The van der Waals surface area contributed by atoms with Gasteiger partial charge in [-0.05, 0) is 83.9 Å². The van der Waals surface area contributed by atoms with E-state index in [0.29, 0.717) is 34.9 Å². The molecule has 0 bridgehead atoms. The van der Waals surface area contributed by atoms with Gasteiger partial charge in [0.1, 0.15) is 24.7 Å². The van der Waals surface area contributed by atoms with Crippen LogP contribution in [0, 0.1) is 5.82 Å². The first-order chi connectivity index (χ1) is 19.3. The molecular weight excluding hydrogens is 535 g/mol. The summed E-state index contributed by atoms with van der Waals surface area (Å²) < 4.78 is 29.9. The molecule has 0 aliphatic carbocycles. The van der Waals surface area contributed by atoms with E-state index in [9.17, 15) is 18.8 Å². The number of hydrogen-bond donors (Lipinski definition) is 1. The SMILES string of the molecule is C=CCc1cc(/C=C2/SC(=O)N(CC(=O)Nc3ccc(OC)cc3)C2=O)cc(OC)c1OCc1ccc(F)cc1. The quantitative estimate of drug-likeness (QED) is 0.232. The minimum absolute atomic E-state index is 0.175. The van der Waals surface area contributed by atoms with Crippen molar-refractivity contribution < 1.29 is 33.0 Å². The Morgan fingerprint density at radius 3 is 2.42 bits per heavy atom. The number of hydrogen-bond acceptors (Lipinski definition) is 7. The van der Waals surface area contributed by atoms with Crippen molar-refractivity contribution in [2.24, 2.45) is 0 Å². The number of benzene rings is 3. The zero-order valence-corrected chi connectivity index (χ0v) is 22.8. The molecule has 0 spiro atoms. The first-order valence-electron chi connectivity index (χ1n) is 12.2. The maximum absolute atomic E-state index is 13.2. The highest BCUT2D eigenvalue weighted by molar-refractivity contribution is 8.18. The van der Waals surface area contributed by atoms with Gasteiger partial charge in [0.15, 0.2) is 11.5 Å². The Kier molecular flexibility index (Phi) is 9.23. The molecule has 1 N–H and O–H groups in total. The predicted molar refractivity (Wildman–Crippen MR) is 152 cm³/mol. The van der Waals surface area contributed by atoms with Crippen LogP contribution in [0.4, 0.5) is 14.9 Å². The van der Waals surface area contributed by atoms with E-state index in [1.165, 1.54) is 26.4 Å². The number of imide groups is 1. The molecule has 3 amide bonds. The molecule has 1 aliphatic rings. The average Bonchev–Trinajstić information content (AvgIpc) is 3.20. The topological polar surface area (TPSA) is 94.2 Å².